The molecular formula is C10H11BrO. The Balaban J connectivity index is 3.04. The van der Waals surface area contributed by atoms with Crippen LogP contribution >= 0.6 is 15.9 Å². The predicted molar refractivity (Wildman–Crippen MR) is 54.0 cm³/mol. The van der Waals surface area contributed by atoms with Gasteiger partial charge in [0.1, 0.15) is 6.29 Å². The topological polar surface area (TPSA) is 17.1 Å². The summed E-state index contributed by atoms with van der Waals surface area (Å²) < 4.78 is 0. The Kier molecular flexibility index (Phi) is 3.48. The molecule has 0 aliphatic heterocycles. The number of aldehydes is 1. The van der Waals surface area contributed by atoms with Crippen LogP contribution in [0.25, 0.3) is 0 Å². The zero-order chi connectivity index (χ0) is 8.97. The molecule has 1 atom stereocenters. The van der Waals surface area contributed by atoms with Gasteiger partial charge < -0.3 is 0 Å². The van der Waals surface area contributed by atoms with Crippen molar-refractivity contribution in [3.8, 4) is 0 Å². The van der Waals surface area contributed by atoms with Gasteiger partial charge in [0.05, 0.1) is 0 Å². The molecule has 64 valence electrons. The Hall–Kier alpha value is -0.630. The molecule has 1 rings (SSSR count). The van der Waals surface area contributed by atoms with Gasteiger partial charge in [-0.3, -0.25) is 4.79 Å². The summed E-state index contributed by atoms with van der Waals surface area (Å²) in [5, 5.41) is 0.887. The molecule has 0 spiro atoms. The van der Waals surface area contributed by atoms with Crippen LogP contribution in [-0.4, -0.2) is 11.6 Å². The maximum Gasteiger partial charge on any atom is 0.150 e. The summed E-state index contributed by atoms with van der Waals surface area (Å²) in [5.41, 5.74) is 1.91. The van der Waals surface area contributed by atoms with Crippen LogP contribution in [0.2, 0.25) is 0 Å². The Morgan fingerprint density at radius 1 is 1.50 bits per heavy atom. The number of carbonyl (C=O) groups excluding carboxylic acids is 1. The van der Waals surface area contributed by atoms with Crippen molar-refractivity contribution in [2.24, 2.45) is 0 Å². The largest absolute Gasteiger partial charge is 0.298 e. The molecule has 0 aliphatic carbocycles. The van der Waals surface area contributed by atoms with Crippen molar-refractivity contribution in [1.82, 2.24) is 0 Å². The zero-order valence-electron chi connectivity index (χ0n) is 6.96. The lowest BCUT2D eigenvalue weighted by molar-refractivity contribution is 0.112. The molecule has 0 aliphatic rings. The first-order valence-electron chi connectivity index (χ1n) is 3.89. The SMILES string of the molecule is CC(CBr)c1ccccc1C=O. The molecule has 0 bridgehead atoms. The van der Waals surface area contributed by atoms with Gasteiger partial charge in [0.2, 0.25) is 0 Å². The van der Waals surface area contributed by atoms with Crippen LogP contribution in [0.3, 0.4) is 0 Å². The van der Waals surface area contributed by atoms with Crippen LogP contribution in [0.15, 0.2) is 24.3 Å². The molecule has 0 saturated heterocycles. The summed E-state index contributed by atoms with van der Waals surface area (Å²) >= 11 is 3.40. The minimum absolute atomic E-state index is 0.395. The molecule has 1 unspecified atom stereocenters. The molecule has 12 heavy (non-hydrogen) atoms. The number of halogens is 1. The molecule has 1 aromatic carbocycles. The third-order valence-electron chi connectivity index (χ3n) is 1.89. The van der Waals surface area contributed by atoms with Gasteiger partial charge in [0, 0.05) is 10.9 Å². The fourth-order valence-electron chi connectivity index (χ4n) is 1.15. The average Bonchev–Trinajstić information content (AvgIpc) is 2.16. The normalized spacial score (nSPS) is 12.5. The summed E-state index contributed by atoms with van der Waals surface area (Å²) in [6.45, 7) is 2.09. The molecule has 0 heterocycles. The lowest BCUT2D eigenvalue weighted by Crippen LogP contribution is -1.98. The number of hydrogen-bond acceptors (Lipinski definition) is 1. The van der Waals surface area contributed by atoms with E-state index in [9.17, 15) is 4.79 Å². The number of rotatable bonds is 3. The highest BCUT2D eigenvalue weighted by Gasteiger charge is 2.07. The second kappa shape index (κ2) is 4.41. The molecule has 0 aromatic heterocycles. The molecule has 2 heteroatoms. The minimum atomic E-state index is 0.395. The fraction of sp³-hybridized carbons (Fsp3) is 0.300. The summed E-state index contributed by atoms with van der Waals surface area (Å²) in [6, 6.07) is 7.69. The van der Waals surface area contributed by atoms with E-state index in [4.69, 9.17) is 0 Å². The van der Waals surface area contributed by atoms with Crippen LogP contribution < -0.4 is 0 Å². The summed E-state index contributed by atoms with van der Waals surface area (Å²) in [5.74, 6) is 0.395. The number of hydrogen-bond donors (Lipinski definition) is 0. The van der Waals surface area contributed by atoms with Gasteiger partial charge in [-0.25, -0.2) is 0 Å². The van der Waals surface area contributed by atoms with Crippen molar-refractivity contribution in [1.29, 1.82) is 0 Å². The minimum Gasteiger partial charge on any atom is -0.298 e. The van der Waals surface area contributed by atoms with E-state index in [0.717, 1.165) is 22.7 Å². The predicted octanol–water partition coefficient (Wildman–Crippen LogP) is 3.00. The van der Waals surface area contributed by atoms with Crippen molar-refractivity contribution < 1.29 is 4.79 Å². The molecule has 0 amide bonds. The molecule has 0 N–H and O–H groups in total. The average molecular weight is 227 g/mol. The third kappa shape index (κ3) is 1.95. The highest BCUT2D eigenvalue weighted by Crippen LogP contribution is 2.19. The van der Waals surface area contributed by atoms with Crippen molar-refractivity contribution in [2.75, 3.05) is 5.33 Å². The molecular weight excluding hydrogens is 216 g/mol. The first-order valence-corrected chi connectivity index (χ1v) is 5.01. The second-order valence-electron chi connectivity index (χ2n) is 2.80. The molecule has 0 radical (unpaired) electrons. The van der Waals surface area contributed by atoms with E-state index in [-0.39, 0.29) is 0 Å². The fourth-order valence-corrected chi connectivity index (χ4v) is 1.50. The Morgan fingerprint density at radius 3 is 2.75 bits per heavy atom. The van der Waals surface area contributed by atoms with Crippen molar-refractivity contribution in [3.63, 3.8) is 0 Å². The smallest absolute Gasteiger partial charge is 0.150 e. The van der Waals surface area contributed by atoms with E-state index >= 15 is 0 Å². The first-order chi connectivity index (χ1) is 5.79. The zero-order valence-corrected chi connectivity index (χ0v) is 8.54. The quantitative estimate of drug-likeness (QED) is 0.573. The summed E-state index contributed by atoms with van der Waals surface area (Å²) in [4.78, 5) is 10.6. The second-order valence-corrected chi connectivity index (χ2v) is 3.45. The molecule has 0 fully saturated rings. The Bertz CT molecular complexity index is 270. The van der Waals surface area contributed by atoms with E-state index in [0.29, 0.717) is 5.92 Å². The first kappa shape index (κ1) is 9.46. The number of carbonyl (C=O) groups is 1. The lowest BCUT2D eigenvalue weighted by atomic mass is 9.98. The maximum absolute atomic E-state index is 10.6. The molecule has 1 nitrogen and oxygen atoms in total. The lowest BCUT2D eigenvalue weighted by Gasteiger charge is -2.09. The Labute approximate surface area is 80.9 Å². The van der Waals surface area contributed by atoms with Crippen LogP contribution in [0.1, 0.15) is 28.8 Å². The van der Waals surface area contributed by atoms with E-state index in [1.54, 1.807) is 0 Å². The van der Waals surface area contributed by atoms with Gasteiger partial charge in [0.15, 0.2) is 0 Å². The summed E-state index contributed by atoms with van der Waals surface area (Å²) in [7, 11) is 0. The van der Waals surface area contributed by atoms with Gasteiger partial charge in [-0.15, -0.1) is 0 Å². The van der Waals surface area contributed by atoms with Crippen LogP contribution in [0.5, 0.6) is 0 Å². The van der Waals surface area contributed by atoms with Crippen LogP contribution in [0.4, 0.5) is 0 Å². The number of benzene rings is 1. The van der Waals surface area contributed by atoms with Gasteiger partial charge in [-0.1, -0.05) is 47.1 Å². The summed E-state index contributed by atoms with van der Waals surface area (Å²) in [6.07, 6.45) is 0.911. The molecule has 0 saturated carbocycles. The standard InChI is InChI=1S/C10H11BrO/c1-8(6-11)10-5-3-2-4-9(10)7-12/h2-5,7-8H,6H2,1H3. The van der Waals surface area contributed by atoms with E-state index in [1.807, 2.05) is 24.3 Å². The van der Waals surface area contributed by atoms with Gasteiger partial charge in [-0.05, 0) is 11.5 Å². The van der Waals surface area contributed by atoms with E-state index in [2.05, 4.69) is 22.9 Å². The monoisotopic (exact) mass is 226 g/mol. The Morgan fingerprint density at radius 2 is 2.17 bits per heavy atom. The van der Waals surface area contributed by atoms with E-state index in [1.165, 1.54) is 0 Å². The third-order valence-corrected chi connectivity index (χ3v) is 2.86. The van der Waals surface area contributed by atoms with Crippen LogP contribution in [0, 0.1) is 0 Å². The van der Waals surface area contributed by atoms with Crippen LogP contribution in [-0.2, 0) is 0 Å². The highest BCUT2D eigenvalue weighted by atomic mass is 79.9. The highest BCUT2D eigenvalue weighted by molar-refractivity contribution is 9.09. The van der Waals surface area contributed by atoms with Gasteiger partial charge in [-0.2, -0.15) is 0 Å². The van der Waals surface area contributed by atoms with Crippen molar-refractivity contribution >= 4 is 22.2 Å². The van der Waals surface area contributed by atoms with Gasteiger partial charge in [0.25, 0.3) is 0 Å². The number of alkyl halides is 1. The van der Waals surface area contributed by atoms with Gasteiger partial charge >= 0.3 is 0 Å². The molecule has 1 aromatic rings. The van der Waals surface area contributed by atoms with Crippen molar-refractivity contribution in [2.45, 2.75) is 12.8 Å². The van der Waals surface area contributed by atoms with E-state index < -0.39 is 0 Å². The maximum atomic E-state index is 10.6. The van der Waals surface area contributed by atoms with Crippen molar-refractivity contribution in [3.05, 3.63) is 35.4 Å².